The minimum Gasteiger partial charge on any atom is -0.454 e. The normalized spacial score (nSPS) is 10.5. The second kappa shape index (κ2) is 7.47. The van der Waals surface area contributed by atoms with Crippen LogP contribution in [0.1, 0.15) is 10.4 Å². The van der Waals surface area contributed by atoms with Crippen LogP contribution >= 0.6 is 0 Å². The molecule has 1 N–H and O–H groups in total. The van der Waals surface area contributed by atoms with E-state index in [4.69, 9.17) is 9.15 Å². The number of hydrogen-bond donors (Lipinski definition) is 1. The van der Waals surface area contributed by atoms with Gasteiger partial charge in [0.05, 0.1) is 5.52 Å². The van der Waals surface area contributed by atoms with E-state index in [-0.39, 0.29) is 0 Å². The fourth-order valence-corrected chi connectivity index (χ4v) is 2.31. The zero-order valence-corrected chi connectivity index (χ0v) is 13.5. The molecule has 1 heterocycles. The topological polar surface area (TPSA) is 108 Å². The summed E-state index contributed by atoms with van der Waals surface area (Å²) in [6.45, 7) is -1.04. The molecule has 3 rings (SSSR count). The van der Waals surface area contributed by atoms with Crippen molar-refractivity contribution in [3.8, 4) is 0 Å². The van der Waals surface area contributed by atoms with Crippen LogP contribution in [0.2, 0.25) is 0 Å². The minimum absolute atomic E-state index is 0.309. The van der Waals surface area contributed by atoms with Gasteiger partial charge in [-0.1, -0.05) is 30.3 Å². The molecule has 3 aromatic rings. The molecule has 0 aliphatic rings. The van der Waals surface area contributed by atoms with E-state index in [1.54, 1.807) is 54.6 Å². The van der Waals surface area contributed by atoms with Crippen molar-refractivity contribution in [1.82, 2.24) is 9.88 Å². The molecule has 26 heavy (non-hydrogen) atoms. The van der Waals surface area contributed by atoms with Crippen LogP contribution in [0.5, 0.6) is 0 Å². The van der Waals surface area contributed by atoms with Crippen molar-refractivity contribution in [2.75, 3.05) is 6.61 Å². The predicted octanol–water partition coefficient (Wildman–Crippen LogP) is 1.09. The van der Waals surface area contributed by atoms with Crippen LogP contribution in [-0.2, 0) is 20.9 Å². The van der Waals surface area contributed by atoms with E-state index in [1.165, 1.54) is 0 Å². The third-order valence-electron chi connectivity index (χ3n) is 3.51. The molecule has 0 saturated carbocycles. The maximum Gasteiger partial charge on any atom is 0.420 e. The molecular formula is C18H14N2O6. The largest absolute Gasteiger partial charge is 0.454 e. The maximum absolute atomic E-state index is 11.9. The lowest BCUT2D eigenvalue weighted by Crippen LogP contribution is -2.34. The van der Waals surface area contributed by atoms with Gasteiger partial charge in [0.1, 0.15) is 6.54 Å². The molecule has 0 saturated heterocycles. The standard InChI is InChI=1S/C18H14N2O6/c21-15(19-17(23)12-6-2-1-3-7-12)11-25-16(22)10-20-13-8-4-5-9-14(13)26-18(20)24/h1-9H,10-11H2,(H,19,21,23). The van der Waals surface area contributed by atoms with Crippen molar-refractivity contribution in [1.29, 1.82) is 0 Å². The number of carbonyl (C=O) groups excluding carboxylic acids is 3. The predicted molar refractivity (Wildman–Crippen MR) is 90.3 cm³/mol. The number of para-hydroxylation sites is 2. The van der Waals surface area contributed by atoms with Crippen molar-refractivity contribution >= 4 is 28.9 Å². The molecule has 0 spiro atoms. The molecule has 0 fully saturated rings. The highest BCUT2D eigenvalue weighted by atomic mass is 16.5. The summed E-state index contributed by atoms with van der Waals surface area (Å²) in [6.07, 6.45) is 0. The van der Waals surface area contributed by atoms with E-state index in [0.717, 1.165) is 4.57 Å². The molecule has 0 radical (unpaired) electrons. The second-order valence-corrected chi connectivity index (χ2v) is 5.33. The molecule has 2 aromatic carbocycles. The van der Waals surface area contributed by atoms with Gasteiger partial charge in [0, 0.05) is 5.56 Å². The number of fused-ring (bicyclic) bond motifs is 1. The highest BCUT2D eigenvalue weighted by Crippen LogP contribution is 2.11. The quantitative estimate of drug-likeness (QED) is 0.687. The number of hydrogen-bond acceptors (Lipinski definition) is 6. The first-order valence-corrected chi connectivity index (χ1v) is 7.68. The van der Waals surface area contributed by atoms with Gasteiger partial charge < -0.3 is 9.15 Å². The summed E-state index contributed by atoms with van der Waals surface area (Å²) >= 11 is 0. The minimum atomic E-state index is -0.805. The average molecular weight is 354 g/mol. The van der Waals surface area contributed by atoms with Gasteiger partial charge in [-0.2, -0.15) is 0 Å². The average Bonchev–Trinajstić information content (AvgIpc) is 2.96. The maximum atomic E-state index is 11.9. The SMILES string of the molecule is O=C(COC(=O)Cn1c(=O)oc2ccccc21)NC(=O)c1ccccc1. The lowest BCUT2D eigenvalue weighted by atomic mass is 10.2. The number of carbonyl (C=O) groups is 3. The Kier molecular flexibility index (Phi) is 4.93. The van der Waals surface area contributed by atoms with Gasteiger partial charge in [-0.15, -0.1) is 0 Å². The summed E-state index contributed by atoms with van der Waals surface area (Å²) in [6, 6.07) is 14.8. The number of nitrogens with zero attached hydrogens (tertiary/aromatic N) is 1. The molecule has 0 aliphatic carbocycles. The van der Waals surface area contributed by atoms with Crippen molar-refractivity contribution in [3.05, 3.63) is 70.7 Å². The molecule has 0 unspecified atom stereocenters. The summed E-state index contributed by atoms with van der Waals surface area (Å²) < 4.78 is 10.9. The Morgan fingerprint density at radius 1 is 1.00 bits per heavy atom. The number of benzene rings is 2. The van der Waals surface area contributed by atoms with Crippen LogP contribution in [-0.4, -0.2) is 29.0 Å². The van der Waals surface area contributed by atoms with Gasteiger partial charge in [0.15, 0.2) is 12.2 Å². The lowest BCUT2D eigenvalue weighted by molar-refractivity contribution is -0.148. The molecule has 0 aliphatic heterocycles. The third kappa shape index (κ3) is 3.86. The molecule has 8 heteroatoms. The van der Waals surface area contributed by atoms with Gasteiger partial charge in [-0.3, -0.25) is 24.3 Å². The highest BCUT2D eigenvalue weighted by Gasteiger charge is 2.15. The summed E-state index contributed by atoms with van der Waals surface area (Å²) in [5.74, 6) is -2.87. The van der Waals surface area contributed by atoms with Crippen molar-refractivity contribution < 1.29 is 23.5 Å². The molecule has 0 bridgehead atoms. The summed E-state index contributed by atoms with van der Waals surface area (Å²) in [5, 5.41) is 2.11. The van der Waals surface area contributed by atoms with Crippen molar-refractivity contribution in [2.45, 2.75) is 6.54 Å². The Morgan fingerprint density at radius 2 is 1.69 bits per heavy atom. The first-order valence-electron chi connectivity index (χ1n) is 7.68. The van der Waals surface area contributed by atoms with Crippen LogP contribution in [0.15, 0.2) is 63.8 Å². The Morgan fingerprint density at radius 3 is 2.46 bits per heavy atom. The Balaban J connectivity index is 1.55. The number of aromatic nitrogens is 1. The summed E-state index contributed by atoms with van der Waals surface area (Å²) in [4.78, 5) is 47.2. The number of imide groups is 1. The van der Waals surface area contributed by atoms with E-state index in [1.807, 2.05) is 0 Å². The van der Waals surface area contributed by atoms with Gasteiger partial charge in [0.25, 0.3) is 11.8 Å². The van der Waals surface area contributed by atoms with Gasteiger partial charge >= 0.3 is 11.7 Å². The number of nitrogens with one attached hydrogen (secondary N) is 1. The monoisotopic (exact) mass is 354 g/mol. The zero-order chi connectivity index (χ0) is 18.5. The van der Waals surface area contributed by atoms with Crippen LogP contribution in [0, 0.1) is 0 Å². The van der Waals surface area contributed by atoms with Crippen molar-refractivity contribution in [3.63, 3.8) is 0 Å². The zero-order valence-electron chi connectivity index (χ0n) is 13.5. The van der Waals surface area contributed by atoms with E-state index in [2.05, 4.69) is 5.32 Å². The van der Waals surface area contributed by atoms with Crippen molar-refractivity contribution in [2.24, 2.45) is 0 Å². The van der Waals surface area contributed by atoms with Gasteiger partial charge in [-0.05, 0) is 24.3 Å². The molecule has 2 amide bonds. The number of amides is 2. The fraction of sp³-hybridized carbons (Fsp3) is 0.111. The third-order valence-corrected chi connectivity index (χ3v) is 3.51. The first kappa shape index (κ1) is 17.2. The van der Waals surface area contributed by atoms with Crippen LogP contribution in [0.3, 0.4) is 0 Å². The number of esters is 1. The fourth-order valence-electron chi connectivity index (χ4n) is 2.31. The van der Waals surface area contributed by atoms with E-state index in [0.29, 0.717) is 16.7 Å². The Hall–Kier alpha value is -3.68. The highest BCUT2D eigenvalue weighted by molar-refractivity contribution is 6.05. The molecule has 0 atom stereocenters. The molecule has 1 aromatic heterocycles. The van der Waals surface area contributed by atoms with Crippen LogP contribution in [0.25, 0.3) is 11.1 Å². The molecule has 132 valence electrons. The summed E-state index contributed by atoms with van der Waals surface area (Å²) in [7, 11) is 0. The van der Waals surface area contributed by atoms with Gasteiger partial charge in [-0.25, -0.2) is 4.79 Å². The number of ether oxygens (including phenoxy) is 1. The van der Waals surface area contributed by atoms with E-state index >= 15 is 0 Å². The lowest BCUT2D eigenvalue weighted by Gasteiger charge is -2.06. The van der Waals surface area contributed by atoms with E-state index < -0.39 is 36.7 Å². The summed E-state index contributed by atoms with van der Waals surface area (Å²) in [5.41, 5.74) is 1.10. The molecular weight excluding hydrogens is 340 g/mol. The van der Waals surface area contributed by atoms with Crippen LogP contribution < -0.4 is 11.1 Å². The number of oxazole rings is 1. The van der Waals surface area contributed by atoms with E-state index in [9.17, 15) is 19.2 Å². The smallest absolute Gasteiger partial charge is 0.420 e. The second-order valence-electron chi connectivity index (χ2n) is 5.33. The van der Waals surface area contributed by atoms with Crippen LogP contribution in [0.4, 0.5) is 0 Å². The Labute approximate surface area is 147 Å². The first-order chi connectivity index (χ1) is 12.5. The number of rotatable bonds is 5. The van der Waals surface area contributed by atoms with Gasteiger partial charge in [0.2, 0.25) is 0 Å². The molecule has 8 nitrogen and oxygen atoms in total. The Bertz CT molecular complexity index is 1020.